The highest BCUT2D eigenvalue weighted by Gasteiger charge is 1.93. The summed E-state index contributed by atoms with van der Waals surface area (Å²) in [5, 5.41) is 0. The van der Waals surface area contributed by atoms with Crippen LogP contribution in [-0.2, 0) is 6.54 Å². The second-order valence-electron chi connectivity index (χ2n) is 6.74. The van der Waals surface area contributed by atoms with Crippen molar-refractivity contribution < 1.29 is 0 Å². The second-order valence-corrected chi connectivity index (χ2v) is 6.74. The van der Waals surface area contributed by atoms with E-state index in [1.165, 1.54) is 89.9 Å². The molecule has 0 radical (unpaired) electrons. The zero-order valence-electron chi connectivity index (χ0n) is 15.4. The highest BCUT2D eigenvalue weighted by atomic mass is 15.0. The Kier molecular flexibility index (Phi) is 13.8. The van der Waals surface area contributed by atoms with Gasteiger partial charge in [0, 0.05) is 18.9 Å². The Labute approximate surface area is 144 Å². The number of allylic oxidation sites excluding steroid dienone is 2. The standard InChI is InChI=1S/C21H38N2/c1-2-3-4-5-6-7-8-9-10-11-12-13-14-15-16-17-19-23-20-18-22-21-23/h9-10,18,20-21H,2-8,11-17,19H2,1H3. The molecule has 0 spiro atoms. The third kappa shape index (κ3) is 13.1. The minimum absolute atomic E-state index is 1.13. The fourth-order valence-corrected chi connectivity index (χ4v) is 2.96. The molecule has 23 heavy (non-hydrogen) atoms. The van der Waals surface area contributed by atoms with Gasteiger partial charge in [0.05, 0.1) is 6.33 Å². The third-order valence-electron chi connectivity index (χ3n) is 4.49. The Balaban J connectivity index is 1.73. The molecule has 132 valence electrons. The molecule has 0 fully saturated rings. The fourth-order valence-electron chi connectivity index (χ4n) is 2.96. The molecule has 0 saturated carbocycles. The van der Waals surface area contributed by atoms with E-state index in [4.69, 9.17) is 0 Å². The van der Waals surface area contributed by atoms with Gasteiger partial charge in [0.15, 0.2) is 0 Å². The molecule has 0 atom stereocenters. The smallest absolute Gasteiger partial charge is 0.0945 e. The van der Waals surface area contributed by atoms with E-state index in [9.17, 15) is 0 Å². The summed E-state index contributed by atoms with van der Waals surface area (Å²) in [4.78, 5) is 4.07. The summed E-state index contributed by atoms with van der Waals surface area (Å²) in [5.74, 6) is 0. The number of aryl methyl sites for hydroxylation is 1. The van der Waals surface area contributed by atoms with E-state index in [1.807, 2.05) is 12.5 Å². The number of unbranched alkanes of at least 4 members (excludes halogenated alkanes) is 12. The lowest BCUT2D eigenvalue weighted by Gasteiger charge is -2.02. The van der Waals surface area contributed by atoms with Crippen molar-refractivity contribution >= 4 is 0 Å². The normalized spacial score (nSPS) is 11.5. The molecular weight excluding hydrogens is 280 g/mol. The van der Waals surface area contributed by atoms with Crippen molar-refractivity contribution in [1.29, 1.82) is 0 Å². The molecular formula is C21H38N2. The number of rotatable bonds is 16. The van der Waals surface area contributed by atoms with Crippen LogP contribution in [0.1, 0.15) is 96.8 Å². The van der Waals surface area contributed by atoms with E-state index >= 15 is 0 Å². The SMILES string of the molecule is CCCCCCCCC=CCCCCCCCCn1ccnc1. The fraction of sp³-hybridized carbons (Fsp3) is 0.762. The highest BCUT2D eigenvalue weighted by Crippen LogP contribution is 2.10. The molecule has 0 aliphatic carbocycles. The van der Waals surface area contributed by atoms with Gasteiger partial charge < -0.3 is 4.57 Å². The summed E-state index contributed by atoms with van der Waals surface area (Å²) in [5.41, 5.74) is 0. The van der Waals surface area contributed by atoms with Crippen molar-refractivity contribution in [2.45, 2.75) is 103 Å². The topological polar surface area (TPSA) is 17.8 Å². The number of hydrogen-bond acceptors (Lipinski definition) is 1. The molecule has 0 N–H and O–H groups in total. The van der Waals surface area contributed by atoms with Gasteiger partial charge in [-0.05, 0) is 32.1 Å². The van der Waals surface area contributed by atoms with Crippen molar-refractivity contribution in [3.8, 4) is 0 Å². The van der Waals surface area contributed by atoms with Gasteiger partial charge in [-0.25, -0.2) is 4.98 Å². The lowest BCUT2D eigenvalue weighted by atomic mass is 10.1. The Morgan fingerprint density at radius 3 is 1.87 bits per heavy atom. The molecule has 1 heterocycles. The first-order valence-corrected chi connectivity index (χ1v) is 10.0. The van der Waals surface area contributed by atoms with Gasteiger partial charge in [0.25, 0.3) is 0 Å². The van der Waals surface area contributed by atoms with Crippen LogP contribution in [0.3, 0.4) is 0 Å². The van der Waals surface area contributed by atoms with Crippen LogP contribution in [0.25, 0.3) is 0 Å². The van der Waals surface area contributed by atoms with Crippen molar-refractivity contribution in [3.05, 3.63) is 30.9 Å². The van der Waals surface area contributed by atoms with E-state index < -0.39 is 0 Å². The number of nitrogens with zero attached hydrogens (tertiary/aromatic N) is 2. The van der Waals surface area contributed by atoms with Crippen molar-refractivity contribution in [2.24, 2.45) is 0 Å². The maximum Gasteiger partial charge on any atom is 0.0945 e. The van der Waals surface area contributed by atoms with E-state index in [0.717, 1.165) is 6.54 Å². The average Bonchev–Trinajstić information content (AvgIpc) is 3.08. The van der Waals surface area contributed by atoms with Crippen molar-refractivity contribution in [3.63, 3.8) is 0 Å². The zero-order valence-corrected chi connectivity index (χ0v) is 15.4. The van der Waals surface area contributed by atoms with Crippen LogP contribution in [0.15, 0.2) is 30.9 Å². The average molecular weight is 319 g/mol. The minimum atomic E-state index is 1.13. The molecule has 0 amide bonds. The van der Waals surface area contributed by atoms with Crippen LogP contribution in [0.5, 0.6) is 0 Å². The Hall–Kier alpha value is -1.05. The highest BCUT2D eigenvalue weighted by molar-refractivity contribution is 4.81. The molecule has 0 bridgehead atoms. The van der Waals surface area contributed by atoms with Gasteiger partial charge in [-0.15, -0.1) is 0 Å². The first kappa shape index (κ1) is 20.0. The lowest BCUT2D eigenvalue weighted by Crippen LogP contribution is -1.93. The minimum Gasteiger partial charge on any atom is -0.337 e. The van der Waals surface area contributed by atoms with Crippen molar-refractivity contribution in [1.82, 2.24) is 9.55 Å². The second kappa shape index (κ2) is 15.8. The molecule has 0 aromatic carbocycles. The molecule has 1 aromatic rings. The van der Waals surface area contributed by atoms with Gasteiger partial charge in [-0.2, -0.15) is 0 Å². The van der Waals surface area contributed by atoms with E-state index in [2.05, 4.69) is 34.8 Å². The Morgan fingerprint density at radius 2 is 1.30 bits per heavy atom. The predicted molar refractivity (Wildman–Crippen MR) is 102 cm³/mol. The lowest BCUT2D eigenvalue weighted by molar-refractivity contribution is 0.553. The largest absolute Gasteiger partial charge is 0.337 e. The monoisotopic (exact) mass is 318 g/mol. The first-order valence-electron chi connectivity index (χ1n) is 10.0. The molecule has 2 heteroatoms. The van der Waals surface area contributed by atoms with Gasteiger partial charge in [0.2, 0.25) is 0 Å². The van der Waals surface area contributed by atoms with E-state index in [1.54, 1.807) is 0 Å². The quantitative estimate of drug-likeness (QED) is 0.239. The van der Waals surface area contributed by atoms with Gasteiger partial charge in [0.1, 0.15) is 0 Å². The van der Waals surface area contributed by atoms with Gasteiger partial charge in [-0.1, -0.05) is 76.9 Å². The third-order valence-corrected chi connectivity index (χ3v) is 4.49. The molecule has 1 aromatic heterocycles. The van der Waals surface area contributed by atoms with E-state index in [-0.39, 0.29) is 0 Å². The van der Waals surface area contributed by atoms with Crippen LogP contribution in [0, 0.1) is 0 Å². The van der Waals surface area contributed by atoms with E-state index in [0.29, 0.717) is 0 Å². The van der Waals surface area contributed by atoms with Gasteiger partial charge >= 0.3 is 0 Å². The molecule has 1 rings (SSSR count). The molecule has 0 unspecified atom stereocenters. The number of hydrogen-bond donors (Lipinski definition) is 0. The van der Waals surface area contributed by atoms with Crippen LogP contribution < -0.4 is 0 Å². The predicted octanol–water partition coefficient (Wildman–Crippen LogP) is 6.92. The summed E-state index contributed by atoms with van der Waals surface area (Å²) in [6, 6.07) is 0. The Bertz CT molecular complexity index is 354. The van der Waals surface area contributed by atoms with Crippen LogP contribution in [0.2, 0.25) is 0 Å². The summed E-state index contributed by atoms with van der Waals surface area (Å²) in [7, 11) is 0. The maximum atomic E-state index is 4.07. The molecule has 0 aliphatic rings. The maximum absolute atomic E-state index is 4.07. The van der Waals surface area contributed by atoms with Crippen LogP contribution >= 0.6 is 0 Å². The molecule has 0 aliphatic heterocycles. The number of imidazole rings is 1. The first-order chi connectivity index (χ1) is 11.4. The summed E-state index contributed by atoms with van der Waals surface area (Å²) in [6.07, 6.45) is 29.8. The van der Waals surface area contributed by atoms with Crippen molar-refractivity contribution in [2.75, 3.05) is 0 Å². The Morgan fingerprint density at radius 1 is 0.739 bits per heavy atom. The summed E-state index contributed by atoms with van der Waals surface area (Å²) < 4.78 is 2.18. The summed E-state index contributed by atoms with van der Waals surface area (Å²) >= 11 is 0. The van der Waals surface area contributed by atoms with Gasteiger partial charge in [-0.3, -0.25) is 0 Å². The van der Waals surface area contributed by atoms with Crippen LogP contribution in [-0.4, -0.2) is 9.55 Å². The summed E-state index contributed by atoms with van der Waals surface area (Å²) in [6.45, 7) is 3.41. The molecule has 2 nitrogen and oxygen atoms in total. The zero-order chi connectivity index (χ0) is 16.4. The number of aromatic nitrogens is 2. The molecule has 0 saturated heterocycles. The van der Waals surface area contributed by atoms with Crippen LogP contribution in [0.4, 0.5) is 0 Å².